The highest BCUT2D eigenvalue weighted by molar-refractivity contribution is 7.92. The number of nitrogens with one attached hydrogen (secondary N) is 1. The zero-order valence-electron chi connectivity index (χ0n) is 19.9. The summed E-state index contributed by atoms with van der Waals surface area (Å²) in [5.74, 6) is 0.529. The highest BCUT2D eigenvalue weighted by Gasteiger charge is 2.24. The van der Waals surface area contributed by atoms with Crippen molar-refractivity contribution in [2.75, 3.05) is 35.1 Å². The lowest BCUT2D eigenvalue weighted by Crippen LogP contribution is -2.40. The molecule has 1 saturated heterocycles. The van der Waals surface area contributed by atoms with Gasteiger partial charge in [-0.3, -0.25) is 9.10 Å². The highest BCUT2D eigenvalue weighted by Crippen LogP contribution is 2.33. The van der Waals surface area contributed by atoms with Gasteiger partial charge in [-0.15, -0.1) is 0 Å². The summed E-state index contributed by atoms with van der Waals surface area (Å²) in [6, 6.07) is 24.0. The SMILES string of the molecule is CS(=O)(=O)N(CC(=O)NCc1ccc(N2CCCCC2)cc1)c1ccccc1Oc1ccccc1. The van der Waals surface area contributed by atoms with E-state index in [2.05, 4.69) is 22.3 Å². The fraction of sp³-hybridized carbons (Fsp3) is 0.296. The number of carbonyl (C=O) groups is 1. The molecule has 1 N–H and O–H groups in total. The number of hydrogen-bond acceptors (Lipinski definition) is 5. The first-order chi connectivity index (χ1) is 16.9. The summed E-state index contributed by atoms with van der Waals surface area (Å²) < 4.78 is 32.2. The van der Waals surface area contributed by atoms with Crippen LogP contribution < -0.4 is 19.3 Å². The van der Waals surface area contributed by atoms with Gasteiger partial charge >= 0.3 is 0 Å². The number of nitrogens with zero attached hydrogens (tertiary/aromatic N) is 2. The van der Waals surface area contributed by atoms with E-state index in [9.17, 15) is 13.2 Å². The minimum Gasteiger partial charge on any atom is -0.455 e. The summed E-state index contributed by atoms with van der Waals surface area (Å²) in [6.07, 6.45) is 4.80. The van der Waals surface area contributed by atoms with Crippen molar-refractivity contribution in [3.8, 4) is 11.5 Å². The average molecular weight is 494 g/mol. The maximum absolute atomic E-state index is 12.8. The molecule has 0 spiro atoms. The first-order valence-electron chi connectivity index (χ1n) is 11.8. The van der Waals surface area contributed by atoms with Gasteiger partial charge in [0.2, 0.25) is 15.9 Å². The van der Waals surface area contributed by atoms with Crippen LogP contribution in [0.25, 0.3) is 0 Å². The van der Waals surface area contributed by atoms with Crippen LogP contribution in [0.5, 0.6) is 11.5 Å². The molecule has 0 aliphatic carbocycles. The Morgan fingerprint density at radius 1 is 0.914 bits per heavy atom. The van der Waals surface area contributed by atoms with E-state index < -0.39 is 15.9 Å². The summed E-state index contributed by atoms with van der Waals surface area (Å²) in [5.41, 5.74) is 2.45. The van der Waals surface area contributed by atoms with Crippen molar-refractivity contribution in [3.63, 3.8) is 0 Å². The van der Waals surface area contributed by atoms with Crippen molar-refractivity contribution >= 4 is 27.3 Å². The number of hydrogen-bond donors (Lipinski definition) is 1. The molecule has 0 unspecified atom stereocenters. The van der Waals surface area contributed by atoms with Gasteiger partial charge in [-0.05, 0) is 61.2 Å². The number of amides is 1. The topological polar surface area (TPSA) is 79.0 Å². The van der Waals surface area contributed by atoms with Crippen LogP contribution in [-0.2, 0) is 21.4 Å². The third-order valence-electron chi connectivity index (χ3n) is 5.94. The summed E-state index contributed by atoms with van der Waals surface area (Å²) in [4.78, 5) is 15.1. The number of rotatable bonds is 9. The molecule has 1 aliphatic rings. The van der Waals surface area contributed by atoms with E-state index in [-0.39, 0.29) is 6.54 Å². The van der Waals surface area contributed by atoms with E-state index >= 15 is 0 Å². The molecule has 35 heavy (non-hydrogen) atoms. The number of para-hydroxylation sites is 3. The normalized spacial score (nSPS) is 13.8. The van der Waals surface area contributed by atoms with Crippen LogP contribution in [0.15, 0.2) is 78.9 Å². The number of carbonyl (C=O) groups excluding carboxylic acids is 1. The van der Waals surface area contributed by atoms with Crippen molar-refractivity contribution in [1.29, 1.82) is 0 Å². The Morgan fingerprint density at radius 3 is 2.26 bits per heavy atom. The predicted molar refractivity (Wildman–Crippen MR) is 140 cm³/mol. The van der Waals surface area contributed by atoms with Crippen LogP contribution in [0.2, 0.25) is 0 Å². The Morgan fingerprint density at radius 2 is 1.57 bits per heavy atom. The van der Waals surface area contributed by atoms with E-state index in [0.29, 0.717) is 23.7 Å². The van der Waals surface area contributed by atoms with Gasteiger partial charge in [0.1, 0.15) is 12.3 Å². The third kappa shape index (κ3) is 6.76. The molecule has 8 heteroatoms. The van der Waals surface area contributed by atoms with Gasteiger partial charge in [0.25, 0.3) is 0 Å². The Hall–Kier alpha value is -3.52. The smallest absolute Gasteiger partial charge is 0.241 e. The molecule has 1 heterocycles. The van der Waals surface area contributed by atoms with Crippen LogP contribution in [0, 0.1) is 0 Å². The van der Waals surface area contributed by atoms with Gasteiger partial charge in [0.05, 0.1) is 11.9 Å². The summed E-state index contributed by atoms with van der Waals surface area (Å²) in [5, 5.41) is 2.84. The molecule has 1 amide bonds. The Balaban J connectivity index is 1.42. The second kappa shape index (κ2) is 11.3. The maximum atomic E-state index is 12.8. The van der Waals surface area contributed by atoms with Gasteiger partial charge < -0.3 is 15.0 Å². The van der Waals surface area contributed by atoms with Gasteiger partial charge in [-0.25, -0.2) is 8.42 Å². The molecule has 7 nitrogen and oxygen atoms in total. The van der Waals surface area contributed by atoms with E-state index in [1.807, 2.05) is 30.3 Å². The minimum atomic E-state index is -3.74. The Kier molecular flexibility index (Phi) is 7.92. The maximum Gasteiger partial charge on any atom is 0.241 e. The van der Waals surface area contributed by atoms with Crippen LogP contribution in [0.4, 0.5) is 11.4 Å². The lowest BCUT2D eigenvalue weighted by Gasteiger charge is -2.28. The molecule has 184 valence electrons. The molecule has 1 aliphatic heterocycles. The van der Waals surface area contributed by atoms with Crippen molar-refractivity contribution in [2.45, 2.75) is 25.8 Å². The first-order valence-corrected chi connectivity index (χ1v) is 13.7. The van der Waals surface area contributed by atoms with E-state index in [0.717, 1.165) is 29.2 Å². The molecule has 0 saturated carbocycles. The molecule has 4 rings (SSSR count). The standard InChI is InChI=1S/C27H31N3O4S/c1-35(32,33)30(25-12-6-7-13-26(25)34-24-10-4-2-5-11-24)21-27(31)28-20-22-14-16-23(17-15-22)29-18-8-3-9-19-29/h2,4-7,10-17H,3,8-9,18-21H2,1H3,(H,28,31). The van der Waals surface area contributed by atoms with Crippen LogP contribution in [0.3, 0.4) is 0 Å². The molecule has 0 radical (unpaired) electrons. The quantitative estimate of drug-likeness (QED) is 0.473. The second-order valence-corrected chi connectivity index (χ2v) is 10.6. The summed E-state index contributed by atoms with van der Waals surface area (Å²) in [7, 11) is -3.74. The monoisotopic (exact) mass is 493 g/mol. The van der Waals surface area contributed by atoms with Gasteiger partial charge in [0, 0.05) is 25.3 Å². The number of anilines is 2. The van der Waals surface area contributed by atoms with Crippen LogP contribution >= 0.6 is 0 Å². The molecule has 3 aromatic rings. The minimum absolute atomic E-state index is 0.305. The lowest BCUT2D eigenvalue weighted by atomic mass is 10.1. The van der Waals surface area contributed by atoms with Gasteiger partial charge in [-0.1, -0.05) is 42.5 Å². The van der Waals surface area contributed by atoms with E-state index in [1.165, 1.54) is 24.9 Å². The molecular formula is C27H31N3O4S. The number of ether oxygens (including phenoxy) is 1. The molecule has 1 fully saturated rings. The fourth-order valence-electron chi connectivity index (χ4n) is 4.11. The molecule has 0 bridgehead atoms. The zero-order valence-corrected chi connectivity index (χ0v) is 20.7. The Labute approximate surface area is 207 Å². The van der Waals surface area contributed by atoms with Gasteiger partial charge in [-0.2, -0.15) is 0 Å². The van der Waals surface area contributed by atoms with Crippen molar-refractivity contribution < 1.29 is 17.9 Å². The van der Waals surface area contributed by atoms with E-state index in [4.69, 9.17) is 4.74 Å². The number of benzene rings is 3. The number of sulfonamides is 1. The first kappa shape index (κ1) is 24.6. The summed E-state index contributed by atoms with van der Waals surface area (Å²) in [6.45, 7) is 2.12. The molecule has 0 aromatic heterocycles. The lowest BCUT2D eigenvalue weighted by molar-refractivity contribution is -0.119. The molecule has 3 aromatic carbocycles. The van der Waals surface area contributed by atoms with Gasteiger partial charge in [0.15, 0.2) is 5.75 Å². The van der Waals surface area contributed by atoms with E-state index in [1.54, 1.807) is 36.4 Å². The Bertz CT molecular complexity index is 1220. The zero-order chi connectivity index (χ0) is 24.7. The summed E-state index contributed by atoms with van der Waals surface area (Å²) >= 11 is 0. The van der Waals surface area contributed by atoms with Crippen molar-refractivity contribution in [1.82, 2.24) is 5.32 Å². The van der Waals surface area contributed by atoms with Crippen LogP contribution in [0.1, 0.15) is 24.8 Å². The fourth-order valence-corrected chi connectivity index (χ4v) is 4.97. The largest absolute Gasteiger partial charge is 0.455 e. The number of piperidine rings is 1. The molecular weight excluding hydrogens is 462 g/mol. The third-order valence-corrected chi connectivity index (χ3v) is 7.07. The second-order valence-electron chi connectivity index (χ2n) is 8.64. The van der Waals surface area contributed by atoms with Crippen molar-refractivity contribution in [2.24, 2.45) is 0 Å². The average Bonchev–Trinajstić information content (AvgIpc) is 2.87. The van der Waals surface area contributed by atoms with Crippen LogP contribution in [-0.4, -0.2) is 40.2 Å². The molecule has 0 atom stereocenters. The highest BCUT2D eigenvalue weighted by atomic mass is 32.2. The predicted octanol–water partition coefficient (Wildman–Crippen LogP) is 4.55. The van der Waals surface area contributed by atoms with Crippen molar-refractivity contribution in [3.05, 3.63) is 84.4 Å².